The summed E-state index contributed by atoms with van der Waals surface area (Å²) in [6.45, 7) is 0.289. The van der Waals surface area contributed by atoms with Gasteiger partial charge in [-0.2, -0.15) is 0 Å². The predicted molar refractivity (Wildman–Crippen MR) is 63.3 cm³/mol. The maximum absolute atomic E-state index is 11.0. The number of cyclic esters (lactones) is 1. The van der Waals surface area contributed by atoms with Crippen molar-refractivity contribution in [1.29, 1.82) is 0 Å². The third kappa shape index (κ3) is 2.13. The lowest BCUT2D eigenvalue weighted by molar-refractivity contribution is 0.177. The van der Waals surface area contributed by atoms with E-state index >= 15 is 0 Å². The third-order valence-electron chi connectivity index (χ3n) is 2.76. The van der Waals surface area contributed by atoms with Gasteiger partial charge in [0.05, 0.1) is 27.4 Å². The zero-order chi connectivity index (χ0) is 13.1. The van der Waals surface area contributed by atoms with Gasteiger partial charge in [-0.1, -0.05) is 0 Å². The van der Waals surface area contributed by atoms with E-state index in [1.165, 1.54) is 0 Å². The second kappa shape index (κ2) is 5.03. The van der Waals surface area contributed by atoms with E-state index in [4.69, 9.17) is 18.9 Å². The van der Waals surface area contributed by atoms with Gasteiger partial charge in [-0.15, -0.1) is 0 Å². The van der Waals surface area contributed by atoms with E-state index in [1.807, 2.05) is 0 Å². The van der Waals surface area contributed by atoms with Crippen LogP contribution in [-0.2, 0) is 4.74 Å². The SMILES string of the molecule is COc1cc([C@H]2COC(=O)N2)cc(OC)c1OC. The van der Waals surface area contributed by atoms with Crippen LogP contribution >= 0.6 is 0 Å². The number of carbonyl (C=O) groups is 1. The van der Waals surface area contributed by atoms with E-state index in [2.05, 4.69) is 5.32 Å². The smallest absolute Gasteiger partial charge is 0.407 e. The number of hydrogen-bond acceptors (Lipinski definition) is 5. The van der Waals surface area contributed by atoms with E-state index in [9.17, 15) is 4.79 Å². The average molecular weight is 253 g/mol. The molecule has 0 aliphatic carbocycles. The highest BCUT2D eigenvalue weighted by Gasteiger charge is 2.26. The number of amides is 1. The highest BCUT2D eigenvalue weighted by Crippen LogP contribution is 2.40. The Morgan fingerprint density at radius 3 is 2.17 bits per heavy atom. The summed E-state index contributed by atoms with van der Waals surface area (Å²) in [4.78, 5) is 11.0. The molecule has 1 amide bonds. The van der Waals surface area contributed by atoms with Gasteiger partial charge in [-0.3, -0.25) is 0 Å². The predicted octanol–water partition coefficient (Wildman–Crippen LogP) is 1.49. The molecule has 0 radical (unpaired) electrons. The number of alkyl carbamates (subject to hydrolysis) is 1. The Balaban J connectivity index is 2.40. The monoisotopic (exact) mass is 253 g/mol. The molecule has 6 heteroatoms. The van der Waals surface area contributed by atoms with Crippen molar-refractivity contribution in [1.82, 2.24) is 5.32 Å². The van der Waals surface area contributed by atoms with E-state index in [0.29, 0.717) is 17.2 Å². The zero-order valence-corrected chi connectivity index (χ0v) is 10.5. The van der Waals surface area contributed by atoms with Crippen molar-refractivity contribution in [3.05, 3.63) is 17.7 Å². The molecule has 1 fully saturated rings. The second-order valence-corrected chi connectivity index (χ2v) is 3.75. The number of methoxy groups -OCH3 is 3. The Morgan fingerprint density at radius 2 is 1.78 bits per heavy atom. The molecule has 1 aliphatic heterocycles. The summed E-state index contributed by atoms with van der Waals surface area (Å²) >= 11 is 0. The Labute approximate surface area is 105 Å². The largest absolute Gasteiger partial charge is 0.493 e. The molecule has 1 N–H and O–H groups in total. The molecule has 18 heavy (non-hydrogen) atoms. The molecule has 0 spiro atoms. The van der Waals surface area contributed by atoms with Gasteiger partial charge >= 0.3 is 6.09 Å². The van der Waals surface area contributed by atoms with Crippen LogP contribution in [0.4, 0.5) is 4.79 Å². The first kappa shape index (κ1) is 12.3. The minimum absolute atomic E-state index is 0.203. The summed E-state index contributed by atoms with van der Waals surface area (Å²) in [5, 5.41) is 2.70. The summed E-state index contributed by atoms with van der Waals surface area (Å²) < 4.78 is 20.6. The lowest BCUT2D eigenvalue weighted by Gasteiger charge is -2.16. The van der Waals surface area contributed by atoms with Crippen LogP contribution in [0, 0.1) is 0 Å². The highest BCUT2D eigenvalue weighted by molar-refractivity contribution is 5.70. The van der Waals surface area contributed by atoms with Crippen LogP contribution in [0.15, 0.2) is 12.1 Å². The lowest BCUT2D eigenvalue weighted by Crippen LogP contribution is -2.18. The topological polar surface area (TPSA) is 66.0 Å². The normalized spacial score (nSPS) is 17.9. The average Bonchev–Trinajstić information content (AvgIpc) is 2.83. The molecular formula is C12H15NO5. The van der Waals surface area contributed by atoms with Gasteiger partial charge in [0.15, 0.2) is 11.5 Å². The minimum Gasteiger partial charge on any atom is -0.493 e. The molecule has 1 aromatic carbocycles. The lowest BCUT2D eigenvalue weighted by atomic mass is 10.1. The molecular weight excluding hydrogens is 238 g/mol. The number of carbonyl (C=O) groups excluding carboxylic acids is 1. The minimum atomic E-state index is -0.422. The van der Waals surface area contributed by atoms with Gasteiger partial charge in [0, 0.05) is 0 Å². The van der Waals surface area contributed by atoms with Gasteiger partial charge in [-0.25, -0.2) is 4.79 Å². The molecule has 98 valence electrons. The first-order chi connectivity index (χ1) is 8.69. The van der Waals surface area contributed by atoms with E-state index in [1.54, 1.807) is 33.5 Å². The molecule has 0 bridgehead atoms. The van der Waals surface area contributed by atoms with Crippen LogP contribution in [0.2, 0.25) is 0 Å². The van der Waals surface area contributed by atoms with Crippen LogP contribution in [0.3, 0.4) is 0 Å². The van der Waals surface area contributed by atoms with E-state index in [-0.39, 0.29) is 12.6 Å². The first-order valence-corrected chi connectivity index (χ1v) is 5.42. The Morgan fingerprint density at radius 1 is 1.17 bits per heavy atom. The Bertz CT molecular complexity index is 435. The molecule has 1 atom stereocenters. The van der Waals surface area contributed by atoms with Crippen LogP contribution in [0.25, 0.3) is 0 Å². The van der Waals surface area contributed by atoms with Gasteiger partial charge in [0.1, 0.15) is 6.61 Å². The second-order valence-electron chi connectivity index (χ2n) is 3.75. The third-order valence-corrected chi connectivity index (χ3v) is 2.76. The molecule has 1 aromatic rings. The van der Waals surface area contributed by atoms with Gasteiger partial charge < -0.3 is 24.3 Å². The fourth-order valence-corrected chi connectivity index (χ4v) is 1.87. The number of ether oxygens (including phenoxy) is 4. The summed E-state index contributed by atoms with van der Waals surface area (Å²) in [6, 6.07) is 3.38. The quantitative estimate of drug-likeness (QED) is 0.880. The standard InChI is InChI=1S/C12H15NO5/c1-15-9-4-7(8-6-18-12(14)13-8)5-10(16-2)11(9)17-3/h4-5,8H,6H2,1-3H3,(H,13,14)/t8-/m1/s1. The van der Waals surface area contributed by atoms with Crippen LogP contribution in [-0.4, -0.2) is 34.0 Å². The maximum atomic E-state index is 11.0. The molecule has 1 saturated heterocycles. The fraction of sp³-hybridized carbons (Fsp3) is 0.417. The summed E-state index contributed by atoms with van der Waals surface area (Å²) in [5.74, 6) is 1.62. The van der Waals surface area contributed by atoms with Gasteiger partial charge in [-0.05, 0) is 17.7 Å². The first-order valence-electron chi connectivity index (χ1n) is 5.42. The van der Waals surface area contributed by atoms with E-state index < -0.39 is 6.09 Å². The fourth-order valence-electron chi connectivity index (χ4n) is 1.87. The van der Waals surface area contributed by atoms with Crippen molar-refractivity contribution in [3.8, 4) is 17.2 Å². The van der Waals surface area contributed by atoms with Crippen molar-refractivity contribution in [2.24, 2.45) is 0 Å². The van der Waals surface area contributed by atoms with Crippen molar-refractivity contribution < 1.29 is 23.7 Å². The van der Waals surface area contributed by atoms with Crippen molar-refractivity contribution >= 4 is 6.09 Å². The Hall–Kier alpha value is -2.11. The molecule has 0 unspecified atom stereocenters. The van der Waals surface area contributed by atoms with Crippen LogP contribution in [0.1, 0.15) is 11.6 Å². The number of nitrogens with one attached hydrogen (secondary N) is 1. The van der Waals surface area contributed by atoms with Crippen molar-refractivity contribution in [2.45, 2.75) is 6.04 Å². The number of hydrogen-bond donors (Lipinski definition) is 1. The van der Waals surface area contributed by atoms with Crippen LogP contribution in [0.5, 0.6) is 17.2 Å². The highest BCUT2D eigenvalue weighted by atomic mass is 16.6. The summed E-state index contributed by atoms with van der Waals surface area (Å²) in [5.41, 5.74) is 0.843. The maximum Gasteiger partial charge on any atom is 0.407 e. The molecule has 2 rings (SSSR count). The molecule has 0 saturated carbocycles. The molecule has 1 heterocycles. The molecule has 6 nitrogen and oxygen atoms in total. The van der Waals surface area contributed by atoms with E-state index in [0.717, 1.165) is 5.56 Å². The summed E-state index contributed by atoms with van der Waals surface area (Å²) in [7, 11) is 4.64. The zero-order valence-electron chi connectivity index (χ0n) is 10.5. The van der Waals surface area contributed by atoms with Crippen molar-refractivity contribution in [2.75, 3.05) is 27.9 Å². The van der Waals surface area contributed by atoms with Crippen LogP contribution < -0.4 is 19.5 Å². The van der Waals surface area contributed by atoms with Gasteiger partial charge in [0.2, 0.25) is 5.75 Å². The number of rotatable bonds is 4. The molecule has 0 aromatic heterocycles. The van der Waals surface area contributed by atoms with Gasteiger partial charge in [0.25, 0.3) is 0 Å². The molecule has 1 aliphatic rings. The van der Waals surface area contributed by atoms with Crippen molar-refractivity contribution in [3.63, 3.8) is 0 Å². The summed E-state index contributed by atoms with van der Waals surface area (Å²) in [6.07, 6.45) is -0.422. The number of benzene rings is 1. The Kier molecular flexibility index (Phi) is 3.45.